The molecule has 1 heterocycles. The maximum atomic E-state index is 12.2. The van der Waals surface area contributed by atoms with Gasteiger partial charge in [-0.2, -0.15) is 0 Å². The number of rotatable bonds is 7. The molecule has 2 aromatic rings. The minimum atomic E-state index is -3.48. The van der Waals surface area contributed by atoms with Crippen LogP contribution in [0.3, 0.4) is 0 Å². The van der Waals surface area contributed by atoms with Crippen LogP contribution in [0.15, 0.2) is 41.4 Å². The molecule has 0 spiro atoms. The molecule has 0 saturated heterocycles. The first kappa shape index (κ1) is 15.8. The average molecular weight is 307 g/mol. The number of hydrogen-bond donors (Lipinski definition) is 3. The zero-order chi connectivity index (χ0) is 15.3. The van der Waals surface area contributed by atoms with E-state index in [1.54, 1.807) is 6.07 Å². The van der Waals surface area contributed by atoms with Gasteiger partial charge in [-0.3, -0.25) is 0 Å². The number of H-pyrrole nitrogens is 1. The summed E-state index contributed by atoms with van der Waals surface area (Å²) in [6.45, 7) is 5.76. The van der Waals surface area contributed by atoms with Crippen molar-refractivity contribution in [1.82, 2.24) is 15.0 Å². The van der Waals surface area contributed by atoms with Crippen LogP contribution >= 0.6 is 0 Å². The zero-order valence-corrected chi connectivity index (χ0v) is 13.1. The Bertz CT molecular complexity index is 675. The lowest BCUT2D eigenvalue weighted by molar-refractivity contribution is 0.581. The molecule has 114 valence electrons. The van der Waals surface area contributed by atoms with E-state index in [2.05, 4.69) is 15.0 Å². The fourth-order valence-electron chi connectivity index (χ4n) is 1.90. The van der Waals surface area contributed by atoms with E-state index in [1.807, 2.05) is 38.1 Å². The minimum absolute atomic E-state index is 0.266. The molecule has 3 N–H and O–H groups in total. The van der Waals surface area contributed by atoms with E-state index in [1.165, 1.54) is 6.20 Å². The van der Waals surface area contributed by atoms with Crippen molar-refractivity contribution >= 4 is 10.0 Å². The smallest absolute Gasteiger partial charge is 0.242 e. The molecular weight excluding hydrogens is 286 g/mol. The Kier molecular flexibility index (Phi) is 5.17. The van der Waals surface area contributed by atoms with Crippen LogP contribution in [-0.4, -0.2) is 19.9 Å². The van der Waals surface area contributed by atoms with Gasteiger partial charge in [0.15, 0.2) is 0 Å². The van der Waals surface area contributed by atoms with Crippen LogP contribution in [0.5, 0.6) is 0 Å². The second kappa shape index (κ2) is 6.89. The maximum Gasteiger partial charge on any atom is 0.242 e. The molecule has 1 aromatic carbocycles. The second-order valence-corrected chi connectivity index (χ2v) is 6.72. The molecule has 0 fully saturated rings. The van der Waals surface area contributed by atoms with Crippen LogP contribution in [0.4, 0.5) is 0 Å². The monoisotopic (exact) mass is 307 g/mol. The molecule has 0 aliphatic heterocycles. The van der Waals surface area contributed by atoms with Crippen molar-refractivity contribution < 1.29 is 8.42 Å². The summed E-state index contributed by atoms with van der Waals surface area (Å²) in [5, 5.41) is 3.15. The first-order chi connectivity index (χ1) is 10.0. The maximum absolute atomic E-state index is 12.2. The van der Waals surface area contributed by atoms with Crippen molar-refractivity contribution in [2.75, 3.05) is 6.54 Å². The summed E-state index contributed by atoms with van der Waals surface area (Å²) in [5.41, 5.74) is 2.94. The van der Waals surface area contributed by atoms with Crippen molar-refractivity contribution in [2.24, 2.45) is 0 Å². The van der Waals surface area contributed by atoms with Crippen molar-refractivity contribution in [1.29, 1.82) is 0 Å². The standard InChI is InChI=1S/C15H21N3O2S/c1-3-16-10-14-8-15(11-17-14)21(19,20)18-9-13-6-4-12(2)5-7-13/h4-8,11,16-18H,3,9-10H2,1-2H3. The van der Waals surface area contributed by atoms with Gasteiger partial charge in [-0.05, 0) is 25.1 Å². The highest BCUT2D eigenvalue weighted by molar-refractivity contribution is 7.89. The molecule has 0 amide bonds. The van der Waals surface area contributed by atoms with Crippen molar-refractivity contribution in [2.45, 2.75) is 31.8 Å². The van der Waals surface area contributed by atoms with E-state index >= 15 is 0 Å². The molecule has 0 aliphatic carbocycles. The fourth-order valence-corrected chi connectivity index (χ4v) is 2.94. The summed E-state index contributed by atoms with van der Waals surface area (Å²) >= 11 is 0. The number of aromatic nitrogens is 1. The Hall–Kier alpha value is -1.63. The van der Waals surface area contributed by atoms with Crippen LogP contribution in [0.25, 0.3) is 0 Å². The van der Waals surface area contributed by atoms with Crippen LogP contribution in [-0.2, 0) is 23.1 Å². The number of nitrogens with one attached hydrogen (secondary N) is 3. The quantitative estimate of drug-likeness (QED) is 0.731. The lowest BCUT2D eigenvalue weighted by Gasteiger charge is -2.05. The van der Waals surface area contributed by atoms with Crippen LogP contribution in [0.2, 0.25) is 0 Å². The van der Waals surface area contributed by atoms with E-state index in [9.17, 15) is 8.42 Å². The van der Waals surface area contributed by atoms with Gasteiger partial charge in [0, 0.05) is 25.0 Å². The van der Waals surface area contributed by atoms with Crippen molar-refractivity contribution in [3.8, 4) is 0 Å². The lowest BCUT2D eigenvalue weighted by atomic mass is 10.2. The van der Waals surface area contributed by atoms with Gasteiger partial charge in [-0.1, -0.05) is 36.8 Å². The van der Waals surface area contributed by atoms with Crippen LogP contribution in [0, 0.1) is 6.92 Å². The normalized spacial score (nSPS) is 11.7. The van der Waals surface area contributed by atoms with Gasteiger partial charge in [0.2, 0.25) is 10.0 Å². The zero-order valence-electron chi connectivity index (χ0n) is 12.3. The lowest BCUT2D eigenvalue weighted by Crippen LogP contribution is -2.22. The number of hydrogen-bond acceptors (Lipinski definition) is 3. The molecule has 0 atom stereocenters. The Labute approximate surface area is 125 Å². The molecule has 6 heteroatoms. The molecule has 1 aromatic heterocycles. The minimum Gasteiger partial charge on any atom is -0.363 e. The van der Waals surface area contributed by atoms with Crippen molar-refractivity contribution in [3.05, 3.63) is 53.3 Å². The van der Waals surface area contributed by atoms with Gasteiger partial charge >= 0.3 is 0 Å². The Balaban J connectivity index is 2.00. The summed E-state index contributed by atoms with van der Waals surface area (Å²) in [5.74, 6) is 0. The Morgan fingerprint density at radius 3 is 2.52 bits per heavy atom. The van der Waals surface area contributed by atoms with Crippen molar-refractivity contribution in [3.63, 3.8) is 0 Å². The van der Waals surface area contributed by atoms with Gasteiger partial charge < -0.3 is 10.3 Å². The molecule has 2 rings (SSSR count). The van der Waals surface area contributed by atoms with E-state index < -0.39 is 10.0 Å². The van der Waals surface area contributed by atoms with E-state index in [4.69, 9.17) is 0 Å². The third kappa shape index (κ3) is 4.42. The van der Waals surface area contributed by atoms with Gasteiger partial charge in [-0.25, -0.2) is 13.1 Å². The van der Waals surface area contributed by atoms with Gasteiger partial charge in [0.25, 0.3) is 0 Å². The second-order valence-electron chi connectivity index (χ2n) is 4.95. The van der Waals surface area contributed by atoms with E-state index in [-0.39, 0.29) is 11.4 Å². The Morgan fingerprint density at radius 1 is 1.14 bits per heavy atom. The SMILES string of the molecule is CCNCc1cc(S(=O)(=O)NCc2ccc(C)cc2)c[nH]1. The number of benzene rings is 1. The highest BCUT2D eigenvalue weighted by atomic mass is 32.2. The summed E-state index contributed by atoms with van der Waals surface area (Å²) in [4.78, 5) is 3.24. The third-order valence-electron chi connectivity index (χ3n) is 3.18. The number of aryl methyl sites for hydroxylation is 1. The molecule has 0 bridgehead atoms. The summed E-state index contributed by atoms with van der Waals surface area (Å²) in [7, 11) is -3.48. The van der Waals surface area contributed by atoms with Crippen LogP contribution < -0.4 is 10.0 Å². The van der Waals surface area contributed by atoms with Gasteiger partial charge in [-0.15, -0.1) is 0 Å². The first-order valence-corrected chi connectivity index (χ1v) is 8.43. The molecule has 0 aliphatic rings. The number of sulfonamides is 1. The molecular formula is C15H21N3O2S. The first-order valence-electron chi connectivity index (χ1n) is 6.94. The van der Waals surface area contributed by atoms with E-state index in [0.29, 0.717) is 6.54 Å². The largest absolute Gasteiger partial charge is 0.363 e. The van der Waals surface area contributed by atoms with Gasteiger partial charge in [0.05, 0.1) is 4.90 Å². The highest BCUT2D eigenvalue weighted by Crippen LogP contribution is 2.11. The molecule has 0 saturated carbocycles. The molecule has 5 nitrogen and oxygen atoms in total. The molecule has 0 radical (unpaired) electrons. The third-order valence-corrected chi connectivity index (χ3v) is 4.56. The van der Waals surface area contributed by atoms with Crippen LogP contribution in [0.1, 0.15) is 23.7 Å². The molecule has 21 heavy (non-hydrogen) atoms. The summed E-state index contributed by atoms with van der Waals surface area (Å²) in [6.07, 6.45) is 1.52. The predicted octanol–water partition coefficient (Wildman–Crippen LogP) is 1.91. The summed E-state index contributed by atoms with van der Waals surface area (Å²) < 4.78 is 27.0. The molecule has 0 unspecified atom stereocenters. The predicted molar refractivity (Wildman–Crippen MR) is 83.4 cm³/mol. The summed E-state index contributed by atoms with van der Waals surface area (Å²) in [6, 6.07) is 9.43. The number of aromatic amines is 1. The Morgan fingerprint density at radius 2 is 1.86 bits per heavy atom. The van der Waals surface area contributed by atoms with E-state index in [0.717, 1.165) is 23.4 Å². The van der Waals surface area contributed by atoms with Gasteiger partial charge in [0.1, 0.15) is 0 Å². The highest BCUT2D eigenvalue weighted by Gasteiger charge is 2.15. The fraction of sp³-hybridized carbons (Fsp3) is 0.333. The topological polar surface area (TPSA) is 74.0 Å². The average Bonchev–Trinajstić information content (AvgIpc) is 2.94.